The predicted molar refractivity (Wildman–Crippen MR) is 113 cm³/mol. The summed E-state index contributed by atoms with van der Waals surface area (Å²) >= 11 is 0. The van der Waals surface area contributed by atoms with Crippen LogP contribution in [0.1, 0.15) is 0 Å². The molecule has 2 aromatic rings. The Morgan fingerprint density at radius 1 is 1.00 bits per heavy atom. The van der Waals surface area contributed by atoms with Crippen LogP contribution in [-0.4, -0.2) is 65.7 Å². The number of rotatable bonds is 8. The van der Waals surface area contributed by atoms with E-state index in [-0.39, 0.29) is 17.3 Å². The van der Waals surface area contributed by atoms with E-state index in [2.05, 4.69) is 10.6 Å². The van der Waals surface area contributed by atoms with Gasteiger partial charge in [0.15, 0.2) is 11.5 Å². The molecule has 9 nitrogen and oxygen atoms in total. The fraction of sp³-hybridized carbons (Fsp3) is 0.350. The van der Waals surface area contributed by atoms with Crippen LogP contribution >= 0.6 is 0 Å². The highest BCUT2D eigenvalue weighted by Gasteiger charge is 2.26. The SMILES string of the molecule is COc1ccc(NCC(=O)Nc2ccc(S(=O)(=O)N3CCOCC3)cc2)cc1OC. The molecule has 2 aromatic carbocycles. The van der Waals surface area contributed by atoms with E-state index in [1.807, 2.05) is 0 Å². The molecule has 0 aromatic heterocycles. The van der Waals surface area contributed by atoms with Gasteiger partial charge in [-0.25, -0.2) is 8.42 Å². The summed E-state index contributed by atoms with van der Waals surface area (Å²) in [6, 6.07) is 11.4. The summed E-state index contributed by atoms with van der Waals surface area (Å²) in [7, 11) is -0.469. The van der Waals surface area contributed by atoms with Gasteiger partial charge in [-0.3, -0.25) is 4.79 Å². The Bertz CT molecular complexity index is 973. The number of carbonyl (C=O) groups excluding carboxylic acids is 1. The van der Waals surface area contributed by atoms with Crippen molar-refractivity contribution in [2.75, 3.05) is 57.7 Å². The van der Waals surface area contributed by atoms with Crippen molar-refractivity contribution >= 4 is 27.3 Å². The van der Waals surface area contributed by atoms with Crippen LogP contribution in [0.4, 0.5) is 11.4 Å². The number of anilines is 2. The Kier molecular flexibility index (Phi) is 7.14. The summed E-state index contributed by atoms with van der Waals surface area (Å²) in [5.41, 5.74) is 1.21. The highest BCUT2D eigenvalue weighted by molar-refractivity contribution is 7.89. The summed E-state index contributed by atoms with van der Waals surface area (Å²) < 4.78 is 42.3. The Morgan fingerprint density at radius 3 is 2.27 bits per heavy atom. The van der Waals surface area contributed by atoms with Gasteiger partial charge in [-0.15, -0.1) is 0 Å². The van der Waals surface area contributed by atoms with Gasteiger partial charge in [0.05, 0.1) is 38.9 Å². The van der Waals surface area contributed by atoms with E-state index in [4.69, 9.17) is 14.2 Å². The molecule has 0 aliphatic carbocycles. The molecule has 10 heteroatoms. The van der Waals surface area contributed by atoms with Gasteiger partial charge in [0, 0.05) is 30.5 Å². The highest BCUT2D eigenvalue weighted by Crippen LogP contribution is 2.29. The van der Waals surface area contributed by atoms with Gasteiger partial charge in [0.1, 0.15) is 0 Å². The summed E-state index contributed by atoms with van der Waals surface area (Å²) in [4.78, 5) is 12.4. The van der Waals surface area contributed by atoms with Crippen LogP contribution in [0.25, 0.3) is 0 Å². The van der Waals surface area contributed by atoms with E-state index < -0.39 is 10.0 Å². The molecule has 0 spiro atoms. The molecule has 0 unspecified atom stereocenters. The molecule has 0 saturated carbocycles. The first-order valence-corrected chi connectivity index (χ1v) is 10.8. The molecule has 1 aliphatic heterocycles. The molecular weight excluding hydrogens is 410 g/mol. The van der Waals surface area contributed by atoms with Crippen LogP contribution in [0.15, 0.2) is 47.4 Å². The lowest BCUT2D eigenvalue weighted by Gasteiger charge is -2.26. The van der Waals surface area contributed by atoms with Crippen molar-refractivity contribution in [2.45, 2.75) is 4.90 Å². The average Bonchev–Trinajstić information content (AvgIpc) is 2.78. The van der Waals surface area contributed by atoms with Crippen molar-refractivity contribution in [3.05, 3.63) is 42.5 Å². The number of nitrogens with zero attached hydrogens (tertiary/aromatic N) is 1. The van der Waals surface area contributed by atoms with Crippen LogP contribution in [0.3, 0.4) is 0 Å². The number of nitrogens with one attached hydrogen (secondary N) is 2. The first-order chi connectivity index (χ1) is 14.4. The Morgan fingerprint density at radius 2 is 1.63 bits per heavy atom. The van der Waals surface area contributed by atoms with Gasteiger partial charge in [-0.05, 0) is 36.4 Å². The quantitative estimate of drug-likeness (QED) is 0.651. The average molecular weight is 436 g/mol. The molecule has 1 saturated heterocycles. The normalized spacial score (nSPS) is 14.7. The first-order valence-electron chi connectivity index (χ1n) is 9.38. The lowest BCUT2D eigenvalue weighted by atomic mass is 10.2. The molecule has 3 rings (SSSR count). The van der Waals surface area contributed by atoms with E-state index in [0.717, 1.165) is 0 Å². The molecule has 1 amide bonds. The van der Waals surface area contributed by atoms with Gasteiger partial charge < -0.3 is 24.8 Å². The molecule has 1 heterocycles. The van der Waals surface area contributed by atoms with Gasteiger partial charge >= 0.3 is 0 Å². The molecule has 1 aliphatic rings. The van der Waals surface area contributed by atoms with Crippen LogP contribution in [-0.2, 0) is 19.6 Å². The van der Waals surface area contributed by atoms with Crippen molar-refractivity contribution in [1.82, 2.24) is 4.31 Å². The first kappa shape index (κ1) is 21.9. The number of amides is 1. The molecule has 2 N–H and O–H groups in total. The van der Waals surface area contributed by atoms with Gasteiger partial charge in [-0.1, -0.05) is 0 Å². The molecule has 0 bridgehead atoms. The largest absolute Gasteiger partial charge is 0.493 e. The number of morpholine rings is 1. The van der Waals surface area contributed by atoms with Crippen LogP contribution in [0, 0.1) is 0 Å². The maximum atomic E-state index is 12.6. The van der Waals surface area contributed by atoms with Crippen molar-refractivity contribution < 1.29 is 27.4 Å². The van der Waals surface area contributed by atoms with Gasteiger partial charge in [0.2, 0.25) is 15.9 Å². The lowest BCUT2D eigenvalue weighted by molar-refractivity contribution is -0.114. The van der Waals surface area contributed by atoms with Crippen LogP contribution in [0.5, 0.6) is 11.5 Å². The second kappa shape index (κ2) is 9.79. The minimum absolute atomic E-state index is 0.0311. The van der Waals surface area contributed by atoms with E-state index in [9.17, 15) is 13.2 Å². The third-order valence-corrected chi connectivity index (χ3v) is 6.50. The Balaban J connectivity index is 1.57. The van der Waals surface area contributed by atoms with E-state index in [1.54, 1.807) is 37.4 Å². The highest BCUT2D eigenvalue weighted by atomic mass is 32.2. The number of hydrogen-bond donors (Lipinski definition) is 2. The lowest BCUT2D eigenvalue weighted by Crippen LogP contribution is -2.40. The zero-order valence-corrected chi connectivity index (χ0v) is 17.7. The number of methoxy groups -OCH3 is 2. The van der Waals surface area contributed by atoms with Gasteiger partial charge in [-0.2, -0.15) is 4.31 Å². The number of carbonyl (C=O) groups is 1. The molecule has 0 atom stereocenters. The topological polar surface area (TPSA) is 106 Å². The minimum Gasteiger partial charge on any atom is -0.493 e. The number of benzene rings is 2. The number of hydrogen-bond acceptors (Lipinski definition) is 7. The second-order valence-corrected chi connectivity index (χ2v) is 8.45. The monoisotopic (exact) mass is 435 g/mol. The molecular formula is C20H25N3O6S. The Labute approximate surface area is 176 Å². The second-order valence-electron chi connectivity index (χ2n) is 6.51. The molecule has 1 fully saturated rings. The van der Waals surface area contributed by atoms with Crippen molar-refractivity contribution in [1.29, 1.82) is 0 Å². The Hall–Kier alpha value is -2.82. The van der Waals surface area contributed by atoms with Crippen molar-refractivity contribution in [3.63, 3.8) is 0 Å². The van der Waals surface area contributed by atoms with Crippen LogP contribution < -0.4 is 20.1 Å². The van der Waals surface area contributed by atoms with E-state index >= 15 is 0 Å². The van der Waals surface area contributed by atoms with Gasteiger partial charge in [0.25, 0.3) is 0 Å². The van der Waals surface area contributed by atoms with E-state index in [0.29, 0.717) is 49.2 Å². The molecule has 162 valence electrons. The maximum Gasteiger partial charge on any atom is 0.243 e. The van der Waals surface area contributed by atoms with E-state index in [1.165, 1.54) is 23.5 Å². The third-order valence-electron chi connectivity index (χ3n) is 4.58. The smallest absolute Gasteiger partial charge is 0.243 e. The fourth-order valence-corrected chi connectivity index (χ4v) is 4.39. The zero-order chi connectivity index (χ0) is 21.6. The number of ether oxygens (including phenoxy) is 3. The van der Waals surface area contributed by atoms with Crippen LogP contribution in [0.2, 0.25) is 0 Å². The zero-order valence-electron chi connectivity index (χ0n) is 16.9. The molecule has 0 radical (unpaired) electrons. The molecule has 30 heavy (non-hydrogen) atoms. The summed E-state index contributed by atoms with van der Waals surface area (Å²) in [6.07, 6.45) is 0. The van der Waals surface area contributed by atoms with Crippen molar-refractivity contribution in [3.8, 4) is 11.5 Å². The summed E-state index contributed by atoms with van der Waals surface area (Å²) in [5.74, 6) is 0.883. The standard InChI is InChI=1S/C20H25N3O6S/c1-27-18-8-5-16(13-19(18)28-2)21-14-20(24)22-15-3-6-17(7-4-15)30(25,26)23-9-11-29-12-10-23/h3-8,13,21H,9-12,14H2,1-2H3,(H,22,24). The maximum absolute atomic E-state index is 12.6. The fourth-order valence-electron chi connectivity index (χ4n) is 2.98. The summed E-state index contributed by atoms with van der Waals surface area (Å²) in [5, 5.41) is 5.74. The van der Waals surface area contributed by atoms with Crippen molar-refractivity contribution in [2.24, 2.45) is 0 Å². The predicted octanol–water partition coefficient (Wildman–Crippen LogP) is 1.78. The summed E-state index contributed by atoms with van der Waals surface area (Å²) in [6.45, 7) is 1.48. The minimum atomic E-state index is -3.56. The number of sulfonamides is 1. The third kappa shape index (κ3) is 5.21.